The topological polar surface area (TPSA) is 26.3 Å². The van der Waals surface area contributed by atoms with E-state index < -0.39 is 7.92 Å². The molecule has 2 saturated carbocycles. The Labute approximate surface area is 239 Å². The van der Waals surface area contributed by atoms with Crippen LogP contribution in [0.2, 0.25) is 0 Å². The molecule has 5 rings (SSSR count). The second-order valence-corrected chi connectivity index (χ2v) is 9.11. The van der Waals surface area contributed by atoms with Gasteiger partial charge in [0.15, 0.2) is 0 Å². The molecule has 0 unspecified atom stereocenters. The molecule has 0 aromatic heterocycles. The van der Waals surface area contributed by atoms with E-state index in [1.54, 1.807) is 25.7 Å². The fourth-order valence-electron chi connectivity index (χ4n) is 3.08. The SMILES string of the molecule is COC(=O)[C]1[CH][CH][CH][CH]1.[Au+].[C-]1[CH][CH][CH][CH]1.[Fe].c1ccc(P(c2ccccc2)c2ccccc2)cc1. The van der Waals surface area contributed by atoms with Crippen LogP contribution in [0.15, 0.2) is 91.0 Å². The van der Waals surface area contributed by atoms with Gasteiger partial charge in [0.2, 0.25) is 0 Å². The summed E-state index contributed by atoms with van der Waals surface area (Å²) >= 11 is 0. The molecule has 2 aliphatic rings. The summed E-state index contributed by atoms with van der Waals surface area (Å²) in [5, 5.41) is 4.19. The minimum Gasteiger partial charge on any atom is -0.474 e. The van der Waals surface area contributed by atoms with Crippen molar-refractivity contribution in [1.29, 1.82) is 0 Å². The molecule has 2 fully saturated rings. The summed E-state index contributed by atoms with van der Waals surface area (Å²) in [6.45, 7) is 0. The molecule has 0 bridgehead atoms. The summed E-state index contributed by atoms with van der Waals surface area (Å²) in [5.74, 6) is 0.331. The van der Waals surface area contributed by atoms with Crippen LogP contribution < -0.4 is 15.9 Å². The van der Waals surface area contributed by atoms with E-state index >= 15 is 0 Å². The Morgan fingerprint density at radius 1 is 0.657 bits per heavy atom. The van der Waals surface area contributed by atoms with Gasteiger partial charge < -0.3 is 11.2 Å². The molecule has 3 aromatic carbocycles. The van der Waals surface area contributed by atoms with Gasteiger partial charge in [0.25, 0.3) is 0 Å². The van der Waals surface area contributed by atoms with E-state index in [1.165, 1.54) is 23.0 Å². The van der Waals surface area contributed by atoms with E-state index in [4.69, 9.17) is 0 Å². The van der Waals surface area contributed by atoms with Crippen molar-refractivity contribution in [3.63, 3.8) is 0 Å². The maximum Gasteiger partial charge on any atom is 1.00 e. The Morgan fingerprint density at radius 2 is 1.03 bits per heavy atom. The number of methoxy groups -OCH3 is 1. The molecule has 0 atom stereocenters. The Morgan fingerprint density at radius 3 is 1.31 bits per heavy atom. The third-order valence-corrected chi connectivity index (χ3v) is 7.07. The minimum absolute atomic E-state index is 0. The number of hydrogen-bond acceptors (Lipinski definition) is 2. The van der Waals surface area contributed by atoms with E-state index in [0.29, 0.717) is 5.92 Å². The van der Waals surface area contributed by atoms with E-state index in [0.717, 1.165) is 0 Å². The summed E-state index contributed by atoms with van der Waals surface area (Å²) in [7, 11) is 0.924. The number of hydrogen-bond donors (Lipinski definition) is 0. The van der Waals surface area contributed by atoms with Gasteiger partial charge in [0.1, 0.15) is 0 Å². The van der Waals surface area contributed by atoms with Gasteiger partial charge in [-0.3, -0.25) is 4.79 Å². The van der Waals surface area contributed by atoms with Gasteiger partial charge in [0.05, 0.1) is 13.0 Å². The van der Waals surface area contributed by atoms with Crippen molar-refractivity contribution in [3.8, 4) is 0 Å². The van der Waals surface area contributed by atoms with E-state index in [1.807, 2.05) is 25.7 Å². The quantitative estimate of drug-likeness (QED) is 0.168. The molecular formula is C30H26AuFeO2P. The molecule has 3 aromatic rings. The first-order chi connectivity index (χ1) is 16.3. The molecule has 2 aliphatic carbocycles. The van der Waals surface area contributed by atoms with Crippen LogP contribution in [-0.2, 0) is 49.0 Å². The Bertz CT molecular complexity index is 813. The molecule has 5 heteroatoms. The monoisotopic (exact) mass is 702 g/mol. The summed E-state index contributed by atoms with van der Waals surface area (Å²) in [6, 6.07) is 32.3. The van der Waals surface area contributed by atoms with Gasteiger partial charge in [0, 0.05) is 17.1 Å². The van der Waals surface area contributed by atoms with Crippen LogP contribution in [-0.4, -0.2) is 13.1 Å². The molecule has 0 aliphatic heterocycles. The number of esters is 1. The fourth-order valence-corrected chi connectivity index (χ4v) is 5.39. The third kappa shape index (κ3) is 11.2. The maximum atomic E-state index is 10.7. The van der Waals surface area contributed by atoms with E-state index in [9.17, 15) is 4.79 Å². The molecule has 35 heavy (non-hydrogen) atoms. The third-order valence-electron chi connectivity index (χ3n) is 4.62. The first-order valence-electron chi connectivity index (χ1n) is 10.6. The number of rotatable bonds is 4. The largest absolute Gasteiger partial charge is 1.00 e. The van der Waals surface area contributed by atoms with E-state index in [2.05, 4.69) is 102 Å². The van der Waals surface area contributed by atoms with E-state index in [-0.39, 0.29) is 45.4 Å². The van der Waals surface area contributed by atoms with Crippen LogP contribution in [0.4, 0.5) is 0 Å². The summed E-state index contributed by atoms with van der Waals surface area (Å²) in [6.07, 6.45) is 17.5. The molecule has 2 nitrogen and oxygen atoms in total. The smallest absolute Gasteiger partial charge is 0.474 e. The van der Waals surface area contributed by atoms with Crippen LogP contribution in [0.5, 0.6) is 0 Å². The van der Waals surface area contributed by atoms with Gasteiger partial charge in [-0.2, -0.15) is 0 Å². The summed E-state index contributed by atoms with van der Waals surface area (Å²) < 4.78 is 4.46. The molecule has 0 N–H and O–H groups in total. The van der Waals surface area contributed by atoms with Crippen LogP contribution in [0.1, 0.15) is 0 Å². The van der Waals surface area contributed by atoms with Gasteiger partial charge in [-0.1, -0.05) is 104 Å². The first kappa shape index (κ1) is 31.8. The predicted octanol–water partition coefficient (Wildman–Crippen LogP) is 4.90. The van der Waals surface area contributed by atoms with Gasteiger partial charge in [-0.25, -0.2) is 12.8 Å². The normalized spacial score (nSPS) is 14.3. The van der Waals surface area contributed by atoms with Gasteiger partial charge in [-0.15, -0.1) is 0 Å². The number of ether oxygens (including phenoxy) is 1. The van der Waals surface area contributed by atoms with Crippen molar-refractivity contribution < 1.29 is 49.0 Å². The summed E-state index contributed by atoms with van der Waals surface area (Å²) in [5.41, 5.74) is 0. The molecule has 0 spiro atoms. The van der Waals surface area contributed by atoms with Crippen molar-refractivity contribution in [1.82, 2.24) is 0 Å². The second-order valence-electron chi connectivity index (χ2n) is 6.89. The van der Waals surface area contributed by atoms with Gasteiger partial charge >= 0.3 is 28.3 Å². The molecule has 0 heterocycles. The average Bonchev–Trinajstić information content (AvgIpc) is 3.64. The maximum absolute atomic E-state index is 10.7. The minimum atomic E-state index is -0.446. The van der Waals surface area contributed by atoms with Crippen LogP contribution in [0, 0.1) is 63.7 Å². The van der Waals surface area contributed by atoms with Crippen molar-refractivity contribution in [3.05, 3.63) is 155 Å². The van der Waals surface area contributed by atoms with Crippen molar-refractivity contribution in [2.75, 3.05) is 7.11 Å². The number of carbonyl (C=O) groups excluding carboxylic acids is 1. The van der Waals surface area contributed by atoms with Crippen LogP contribution >= 0.6 is 7.92 Å². The zero-order valence-corrected chi connectivity index (χ0v) is 23.4. The van der Waals surface area contributed by atoms with Crippen molar-refractivity contribution in [2.45, 2.75) is 0 Å². The fraction of sp³-hybridized carbons (Fsp3) is 0.0333. The average molecular weight is 702 g/mol. The second kappa shape index (κ2) is 19.0. The summed E-state index contributed by atoms with van der Waals surface area (Å²) in [4.78, 5) is 10.7. The zero-order valence-electron chi connectivity index (χ0n) is 19.2. The molecule has 0 saturated heterocycles. The molecule has 10 radical (unpaired) electrons. The molecule has 0 amide bonds. The van der Waals surface area contributed by atoms with Crippen LogP contribution in [0.3, 0.4) is 0 Å². The first-order valence-corrected chi connectivity index (χ1v) is 12.0. The van der Waals surface area contributed by atoms with Crippen molar-refractivity contribution in [2.24, 2.45) is 0 Å². The Balaban J connectivity index is 0.000000319. The van der Waals surface area contributed by atoms with Gasteiger partial charge in [-0.05, 0) is 49.5 Å². The number of carbonyl (C=O) groups is 1. The van der Waals surface area contributed by atoms with Crippen molar-refractivity contribution >= 4 is 29.8 Å². The Kier molecular flexibility index (Phi) is 17.3. The number of benzene rings is 3. The standard InChI is InChI=1S/C18H15P.C7H7O2.C5H4.Au.Fe/c1-4-10-16(11-5-1)19(17-12-6-2-7-13-17)18-14-8-3-9-15-18;1-9-7(8)6-4-2-3-5-6;1-2-4-5-3-1;;/h1-15H;2-5H,1H3;1-4H;;/q;;-1;+1;. The predicted molar refractivity (Wildman–Crippen MR) is 138 cm³/mol. The zero-order chi connectivity index (χ0) is 23.1. The van der Waals surface area contributed by atoms with Crippen LogP contribution in [0.25, 0.3) is 0 Å². The molecule has 182 valence electrons. The molecular weight excluding hydrogens is 676 g/mol. The Hall–Kier alpha value is -1.18.